The summed E-state index contributed by atoms with van der Waals surface area (Å²) >= 11 is 0. The lowest BCUT2D eigenvalue weighted by Crippen LogP contribution is -2.54. The molecule has 31 nitrogen and oxygen atoms in total. The number of likely N-dealkylation sites (tertiary alicyclic amines) is 3. The van der Waals surface area contributed by atoms with E-state index in [0.29, 0.717) is 132 Å². The third kappa shape index (κ3) is 14.0. The number of H-pyrrole nitrogens is 3. The van der Waals surface area contributed by atoms with Crippen molar-refractivity contribution in [1.29, 1.82) is 0 Å². The second-order valence-corrected chi connectivity index (χ2v) is 26.4. The molecule has 4 atom stereocenters. The summed E-state index contributed by atoms with van der Waals surface area (Å²) in [5.74, 6) is 2.12. The summed E-state index contributed by atoms with van der Waals surface area (Å²) in [6.07, 6.45) is 12.4. The SMILES string of the molecule is CC(c1nc2c(cnn2C2CCOCC2)c(=O)[nH]1)N1CC(Cc2ccc(C(=O)NO)cc2)C1.CC(c1nc2c(cnn2C2CCOCC2)c(=O)[nH]1)N1CC(Oc2ccc(C(=O)NO)cc2)C1.CC1CN(C2CC(C(=O)NO)C2)CC1c1nc2c(cnn2C2CCOCC2)c(=O)[nH]1. The molecule has 0 bridgehead atoms. The summed E-state index contributed by atoms with van der Waals surface area (Å²) in [6.45, 7) is 15.3. The quantitative estimate of drug-likeness (QED) is 0.0487. The molecule has 3 amide bonds. The van der Waals surface area contributed by atoms with Crippen molar-refractivity contribution in [1.82, 2.24) is 90.4 Å². The lowest BCUT2D eigenvalue weighted by atomic mass is 9.79. The number of amides is 3. The second-order valence-electron chi connectivity index (χ2n) is 26.4. The molecule has 15 rings (SSSR count). The van der Waals surface area contributed by atoms with Gasteiger partial charge in [-0.3, -0.25) is 59.1 Å². The molecule has 2 aromatic carbocycles. The Balaban J connectivity index is 0.000000130. The molecule has 0 radical (unpaired) electrons. The lowest BCUT2D eigenvalue weighted by Gasteiger charge is -2.43. The Morgan fingerprint density at radius 2 is 1.00 bits per heavy atom. The smallest absolute Gasteiger partial charge is 0.274 e. The molecule has 6 aromatic heterocycles. The van der Waals surface area contributed by atoms with E-state index in [1.54, 1.807) is 71.4 Å². The monoisotopic (exact) mass is 1320 g/mol. The Kier molecular flexibility index (Phi) is 19.9. The Labute approximate surface area is 549 Å². The molecule has 8 aromatic rings. The Hall–Kier alpha value is -8.66. The number of nitrogens with one attached hydrogen (secondary N) is 6. The van der Waals surface area contributed by atoms with Crippen LogP contribution in [-0.2, 0) is 25.4 Å². The maximum atomic E-state index is 12.7. The highest BCUT2D eigenvalue weighted by atomic mass is 16.5. The van der Waals surface area contributed by atoms with Crippen LogP contribution in [0.2, 0.25) is 0 Å². The fraction of sp³-hybridized carbons (Fsp3) is 0.538. The fourth-order valence-electron chi connectivity index (χ4n) is 14.3. The van der Waals surface area contributed by atoms with Gasteiger partial charge in [-0.25, -0.2) is 45.4 Å². The van der Waals surface area contributed by atoms with Crippen LogP contribution in [0.1, 0.15) is 152 Å². The van der Waals surface area contributed by atoms with E-state index in [4.69, 9.17) is 49.5 Å². The summed E-state index contributed by atoms with van der Waals surface area (Å²) in [4.78, 5) is 103. The minimum atomic E-state index is -0.568. The van der Waals surface area contributed by atoms with Gasteiger partial charge in [0.15, 0.2) is 16.9 Å². The fourth-order valence-corrected chi connectivity index (χ4v) is 14.3. The molecule has 96 heavy (non-hydrogen) atoms. The number of hydrogen-bond donors (Lipinski definition) is 9. The largest absolute Gasteiger partial charge is 0.488 e. The van der Waals surface area contributed by atoms with Crippen molar-refractivity contribution < 1.29 is 49.0 Å². The van der Waals surface area contributed by atoms with Crippen LogP contribution in [0.4, 0.5) is 0 Å². The van der Waals surface area contributed by atoms with Gasteiger partial charge in [-0.15, -0.1) is 0 Å². The normalized spacial score (nSPS) is 22.4. The molecule has 4 unspecified atom stereocenters. The van der Waals surface area contributed by atoms with Gasteiger partial charge < -0.3 is 33.9 Å². The van der Waals surface area contributed by atoms with Gasteiger partial charge in [0, 0.05) is 108 Å². The molecular weight excluding hydrogens is 1240 g/mol. The predicted octanol–water partition coefficient (Wildman–Crippen LogP) is 4.03. The molecule has 6 aliphatic heterocycles. The molecule has 7 fully saturated rings. The van der Waals surface area contributed by atoms with E-state index in [1.807, 2.05) is 33.1 Å². The molecular formula is C65H82N18O13. The third-order valence-electron chi connectivity index (χ3n) is 20.3. The minimum absolute atomic E-state index is 0.00631. The van der Waals surface area contributed by atoms with Gasteiger partial charge in [0.05, 0.1) is 48.8 Å². The molecule has 510 valence electrons. The number of fused-ring (bicyclic) bond motifs is 3. The lowest BCUT2D eigenvalue weighted by molar-refractivity contribution is -0.138. The van der Waals surface area contributed by atoms with E-state index in [0.717, 1.165) is 95.4 Å². The summed E-state index contributed by atoms with van der Waals surface area (Å²) in [5, 5.41) is 41.2. The molecule has 7 aliphatic rings. The summed E-state index contributed by atoms with van der Waals surface area (Å²) < 4.78 is 28.0. The number of hydroxylamine groups is 3. The van der Waals surface area contributed by atoms with Crippen LogP contribution in [0, 0.1) is 17.8 Å². The van der Waals surface area contributed by atoms with Crippen LogP contribution in [0.15, 0.2) is 81.5 Å². The van der Waals surface area contributed by atoms with E-state index in [9.17, 15) is 28.8 Å². The minimum Gasteiger partial charge on any atom is -0.488 e. The van der Waals surface area contributed by atoms with Crippen molar-refractivity contribution in [3.8, 4) is 5.75 Å². The van der Waals surface area contributed by atoms with Crippen molar-refractivity contribution in [2.75, 3.05) is 78.9 Å². The van der Waals surface area contributed by atoms with E-state index in [-0.39, 0.29) is 70.7 Å². The first-order valence-corrected chi connectivity index (χ1v) is 33.2. The number of hydrogen-bond acceptors (Lipinski definition) is 22. The topological polar surface area (TPSA) is 385 Å². The Morgan fingerprint density at radius 3 is 1.46 bits per heavy atom. The van der Waals surface area contributed by atoms with Crippen molar-refractivity contribution >= 4 is 50.8 Å². The Morgan fingerprint density at radius 1 is 0.562 bits per heavy atom. The van der Waals surface area contributed by atoms with Gasteiger partial charge in [0.2, 0.25) is 5.91 Å². The number of rotatable bonds is 16. The van der Waals surface area contributed by atoms with Crippen molar-refractivity contribution in [2.24, 2.45) is 17.8 Å². The number of ether oxygens (including phenoxy) is 4. The summed E-state index contributed by atoms with van der Waals surface area (Å²) in [5.41, 5.74) is 8.39. The van der Waals surface area contributed by atoms with Crippen LogP contribution in [-0.4, -0.2) is 198 Å². The maximum Gasteiger partial charge on any atom is 0.274 e. The van der Waals surface area contributed by atoms with Gasteiger partial charge in [-0.2, -0.15) is 15.3 Å². The summed E-state index contributed by atoms with van der Waals surface area (Å²) in [6, 6.07) is 14.7. The zero-order chi connectivity index (χ0) is 66.7. The van der Waals surface area contributed by atoms with Crippen LogP contribution >= 0.6 is 0 Å². The van der Waals surface area contributed by atoms with Crippen LogP contribution in [0.3, 0.4) is 0 Å². The van der Waals surface area contributed by atoms with Crippen molar-refractivity contribution in [2.45, 2.75) is 127 Å². The van der Waals surface area contributed by atoms with Gasteiger partial charge in [0.1, 0.15) is 45.5 Å². The van der Waals surface area contributed by atoms with Crippen LogP contribution in [0.25, 0.3) is 33.1 Å². The number of aromatic nitrogens is 12. The van der Waals surface area contributed by atoms with Gasteiger partial charge in [-0.05, 0) is 125 Å². The van der Waals surface area contributed by atoms with Crippen LogP contribution < -0.4 is 37.9 Å². The molecule has 31 heteroatoms. The average molecular weight is 1320 g/mol. The van der Waals surface area contributed by atoms with Crippen LogP contribution in [0.5, 0.6) is 5.75 Å². The first kappa shape index (κ1) is 66.0. The number of carbonyl (C=O) groups is 3. The highest BCUT2D eigenvalue weighted by Crippen LogP contribution is 2.40. The highest BCUT2D eigenvalue weighted by molar-refractivity contribution is 5.94. The average Bonchev–Trinajstić information content (AvgIpc) is 1.58. The van der Waals surface area contributed by atoms with Crippen molar-refractivity contribution in [3.63, 3.8) is 0 Å². The highest BCUT2D eigenvalue weighted by Gasteiger charge is 2.44. The van der Waals surface area contributed by atoms with Gasteiger partial charge in [-0.1, -0.05) is 19.1 Å². The second kappa shape index (κ2) is 29.0. The van der Waals surface area contributed by atoms with Gasteiger partial charge in [0.25, 0.3) is 28.5 Å². The summed E-state index contributed by atoms with van der Waals surface area (Å²) in [7, 11) is 0. The number of carbonyl (C=O) groups excluding carboxylic acids is 3. The number of benzene rings is 2. The molecule has 12 heterocycles. The van der Waals surface area contributed by atoms with E-state index in [2.05, 4.69) is 58.8 Å². The molecule has 1 saturated carbocycles. The first-order chi connectivity index (χ1) is 46.6. The zero-order valence-corrected chi connectivity index (χ0v) is 53.8. The standard InChI is InChI=1S/C23H28N6O4.C22H26N6O5.C20H28N6O4/c1-14(28-12-16(13-28)10-15-2-4-17(5-3-15)22(30)27-32)20-25-21-19(23(31)26-20)11-24-29(21)18-6-8-33-9-7-18;1-13(27-11-17(12-27)33-16-4-2-14(3-5-16)21(29)26-31)19-24-20-18(22(30)25-19)10-23-28(20)15-6-8-32-9-7-15;1-11-9-25(14-6-12(7-14)19(27)24-29)10-16(11)17-22-18-15(20(28)23-17)8-21-26(18)13-2-4-30-5-3-13/h2-5,11,14,16,18,32H,6-10,12-13H2,1H3,(H,27,30)(H,25,26,31);2-5,10,13,15,17,31H,6-9,11-12H2,1H3,(H,26,29)(H,24,25,30);8,11-14,16,29H,2-7,9-10H2,1H3,(H,24,27)(H,22,23,28). The van der Waals surface area contributed by atoms with Gasteiger partial charge >= 0.3 is 0 Å². The number of aromatic amines is 3. The Bertz CT molecular complexity index is 4040. The van der Waals surface area contributed by atoms with E-state index < -0.39 is 11.8 Å². The zero-order valence-electron chi connectivity index (χ0n) is 53.8. The molecule has 0 spiro atoms. The predicted molar refractivity (Wildman–Crippen MR) is 345 cm³/mol. The molecule has 1 aliphatic carbocycles. The number of nitrogens with zero attached hydrogens (tertiary/aromatic N) is 12. The first-order valence-electron chi connectivity index (χ1n) is 33.2. The van der Waals surface area contributed by atoms with Crippen molar-refractivity contribution in [3.05, 3.63) is 132 Å². The maximum absolute atomic E-state index is 12.7. The molecule has 9 N–H and O–H groups in total. The third-order valence-corrected chi connectivity index (χ3v) is 20.3. The molecule has 6 saturated heterocycles. The van der Waals surface area contributed by atoms with E-state index >= 15 is 0 Å². The van der Waals surface area contributed by atoms with E-state index in [1.165, 1.54) is 0 Å².